The molecule has 0 aliphatic rings. The van der Waals surface area contributed by atoms with E-state index in [-0.39, 0.29) is 17.8 Å². The average Bonchev–Trinajstić information content (AvgIpc) is 2.77. The number of halogens is 1. The van der Waals surface area contributed by atoms with Crippen LogP contribution in [0.15, 0.2) is 72.9 Å². The largest absolute Gasteiger partial charge is 0.496 e. The molecule has 5 heteroatoms. The van der Waals surface area contributed by atoms with E-state index in [2.05, 4.69) is 4.98 Å². The van der Waals surface area contributed by atoms with Gasteiger partial charge in [0.2, 0.25) is 5.91 Å². The maximum atomic E-state index is 13.2. The van der Waals surface area contributed by atoms with Crippen molar-refractivity contribution >= 4 is 5.91 Å². The van der Waals surface area contributed by atoms with Gasteiger partial charge in [0, 0.05) is 18.2 Å². The summed E-state index contributed by atoms with van der Waals surface area (Å²) in [6.45, 7) is 2.40. The van der Waals surface area contributed by atoms with E-state index in [4.69, 9.17) is 4.74 Å². The number of rotatable bonds is 8. The van der Waals surface area contributed by atoms with Crippen molar-refractivity contribution in [1.29, 1.82) is 0 Å². The summed E-state index contributed by atoms with van der Waals surface area (Å²) in [6, 6.07) is 19.5. The molecule has 2 aromatic carbocycles. The van der Waals surface area contributed by atoms with Crippen molar-refractivity contribution < 1.29 is 13.9 Å². The molecule has 0 N–H and O–H groups in total. The second kappa shape index (κ2) is 9.82. The summed E-state index contributed by atoms with van der Waals surface area (Å²) in [5, 5.41) is 0. The fourth-order valence-corrected chi connectivity index (χ4v) is 3.33. The Bertz CT molecular complexity index is 929. The van der Waals surface area contributed by atoms with Crippen molar-refractivity contribution in [1.82, 2.24) is 9.88 Å². The highest BCUT2D eigenvalue weighted by atomic mass is 19.1. The molecule has 0 unspecified atom stereocenters. The number of aryl methyl sites for hydroxylation is 1. The van der Waals surface area contributed by atoms with Crippen LogP contribution in [0.5, 0.6) is 5.75 Å². The van der Waals surface area contributed by atoms with Gasteiger partial charge in [-0.25, -0.2) is 4.39 Å². The minimum Gasteiger partial charge on any atom is -0.496 e. The van der Waals surface area contributed by atoms with Crippen LogP contribution in [-0.2, 0) is 17.8 Å². The second-order valence-corrected chi connectivity index (χ2v) is 6.89. The Morgan fingerprint density at radius 3 is 2.48 bits per heavy atom. The predicted molar refractivity (Wildman–Crippen MR) is 111 cm³/mol. The molecule has 29 heavy (non-hydrogen) atoms. The van der Waals surface area contributed by atoms with Crippen LogP contribution in [0, 0.1) is 5.82 Å². The van der Waals surface area contributed by atoms with Gasteiger partial charge < -0.3 is 9.64 Å². The van der Waals surface area contributed by atoms with Crippen LogP contribution in [-0.4, -0.2) is 22.9 Å². The normalized spacial score (nSPS) is 11.7. The lowest BCUT2D eigenvalue weighted by atomic mass is 10.0. The molecule has 3 rings (SSSR count). The number of aromatic nitrogens is 1. The summed E-state index contributed by atoms with van der Waals surface area (Å²) in [5.74, 6) is 0.484. The average molecular weight is 392 g/mol. The molecule has 0 aliphatic heterocycles. The minimum absolute atomic E-state index is 0.0124. The van der Waals surface area contributed by atoms with Crippen LogP contribution in [0.25, 0.3) is 0 Å². The van der Waals surface area contributed by atoms with Crippen LogP contribution < -0.4 is 4.74 Å². The van der Waals surface area contributed by atoms with E-state index in [1.165, 1.54) is 12.1 Å². The highest BCUT2D eigenvalue weighted by molar-refractivity contribution is 5.77. The zero-order valence-electron chi connectivity index (χ0n) is 16.7. The Hall–Kier alpha value is -3.21. The molecule has 0 bridgehead atoms. The Labute approximate surface area is 171 Å². The number of para-hydroxylation sites is 1. The Balaban J connectivity index is 1.81. The lowest BCUT2D eigenvalue weighted by molar-refractivity contribution is -0.134. The molecule has 0 spiro atoms. The van der Waals surface area contributed by atoms with Gasteiger partial charge >= 0.3 is 0 Å². The number of ether oxygens (including phenoxy) is 1. The second-order valence-electron chi connectivity index (χ2n) is 6.89. The Morgan fingerprint density at radius 1 is 1.07 bits per heavy atom. The summed E-state index contributed by atoms with van der Waals surface area (Å²) >= 11 is 0. The Morgan fingerprint density at radius 2 is 1.79 bits per heavy atom. The fourth-order valence-electron chi connectivity index (χ4n) is 3.33. The van der Waals surface area contributed by atoms with Crippen molar-refractivity contribution in [3.63, 3.8) is 0 Å². The van der Waals surface area contributed by atoms with E-state index < -0.39 is 0 Å². The van der Waals surface area contributed by atoms with Gasteiger partial charge in [0.1, 0.15) is 11.6 Å². The van der Waals surface area contributed by atoms with Crippen molar-refractivity contribution in [2.75, 3.05) is 7.11 Å². The Kier molecular flexibility index (Phi) is 6.95. The van der Waals surface area contributed by atoms with E-state index in [0.29, 0.717) is 19.4 Å². The van der Waals surface area contributed by atoms with Crippen LogP contribution in [0.1, 0.15) is 36.2 Å². The number of benzene rings is 2. The molecule has 1 atom stereocenters. The molecule has 0 fully saturated rings. The maximum Gasteiger partial charge on any atom is 0.223 e. The molecule has 3 aromatic rings. The number of pyridine rings is 1. The number of hydrogen-bond donors (Lipinski definition) is 0. The molecule has 0 aliphatic carbocycles. The number of methoxy groups -OCH3 is 1. The molecular formula is C24H25FN2O2. The summed E-state index contributed by atoms with van der Waals surface area (Å²) in [7, 11) is 1.63. The highest BCUT2D eigenvalue weighted by Gasteiger charge is 2.24. The van der Waals surface area contributed by atoms with E-state index >= 15 is 0 Å². The number of carbonyl (C=O) groups is 1. The standard InChI is InChI=1S/C24H25FN2O2/c1-18(22-8-3-4-9-23(22)29-2)27(17-21-7-5-6-16-26-21)24(28)15-12-19-10-13-20(25)14-11-19/h3-11,13-14,16,18H,12,15,17H2,1-2H3/t18-/m0/s1. The van der Waals surface area contributed by atoms with Crippen LogP contribution >= 0.6 is 0 Å². The van der Waals surface area contributed by atoms with Crippen LogP contribution in [0.3, 0.4) is 0 Å². The van der Waals surface area contributed by atoms with Crippen molar-refractivity contribution in [3.8, 4) is 5.75 Å². The first-order chi connectivity index (χ1) is 14.1. The molecule has 0 saturated heterocycles. The fraction of sp³-hybridized carbons (Fsp3) is 0.250. The molecule has 1 amide bonds. The molecule has 150 valence electrons. The third-order valence-electron chi connectivity index (χ3n) is 4.98. The van der Waals surface area contributed by atoms with Crippen LogP contribution in [0.2, 0.25) is 0 Å². The van der Waals surface area contributed by atoms with E-state index in [9.17, 15) is 9.18 Å². The number of nitrogens with zero attached hydrogens (tertiary/aromatic N) is 2. The third-order valence-corrected chi connectivity index (χ3v) is 4.98. The van der Waals surface area contributed by atoms with E-state index in [1.807, 2.05) is 54.3 Å². The molecule has 4 nitrogen and oxygen atoms in total. The molecular weight excluding hydrogens is 367 g/mol. The summed E-state index contributed by atoms with van der Waals surface area (Å²) in [5.41, 5.74) is 2.70. The summed E-state index contributed by atoms with van der Waals surface area (Å²) < 4.78 is 18.6. The molecule has 0 saturated carbocycles. The molecule has 0 radical (unpaired) electrons. The highest BCUT2D eigenvalue weighted by Crippen LogP contribution is 2.30. The zero-order valence-corrected chi connectivity index (χ0v) is 16.7. The predicted octanol–water partition coefficient (Wildman–Crippen LogP) is 4.95. The minimum atomic E-state index is -0.276. The van der Waals surface area contributed by atoms with Crippen molar-refractivity contribution in [2.24, 2.45) is 0 Å². The van der Waals surface area contributed by atoms with Gasteiger partial charge in [-0.2, -0.15) is 0 Å². The topological polar surface area (TPSA) is 42.4 Å². The molecule has 1 aromatic heterocycles. The van der Waals surface area contributed by atoms with Gasteiger partial charge in [0.25, 0.3) is 0 Å². The zero-order chi connectivity index (χ0) is 20.6. The quantitative estimate of drug-likeness (QED) is 0.545. The molecule has 1 heterocycles. The lowest BCUT2D eigenvalue weighted by Gasteiger charge is -2.30. The summed E-state index contributed by atoms with van der Waals surface area (Å²) in [6.07, 6.45) is 2.61. The van der Waals surface area contributed by atoms with Crippen molar-refractivity contribution in [2.45, 2.75) is 32.4 Å². The van der Waals surface area contributed by atoms with E-state index in [1.54, 1.807) is 25.4 Å². The summed E-state index contributed by atoms with van der Waals surface area (Å²) in [4.78, 5) is 19.4. The van der Waals surface area contributed by atoms with Gasteiger partial charge in [-0.05, 0) is 49.2 Å². The van der Waals surface area contributed by atoms with Gasteiger partial charge in [-0.15, -0.1) is 0 Å². The third kappa shape index (κ3) is 5.41. The van der Waals surface area contributed by atoms with Crippen molar-refractivity contribution in [3.05, 3.63) is 95.6 Å². The first-order valence-corrected chi connectivity index (χ1v) is 9.65. The van der Waals surface area contributed by atoms with Gasteiger partial charge in [-0.1, -0.05) is 36.4 Å². The monoisotopic (exact) mass is 392 g/mol. The van der Waals surface area contributed by atoms with Crippen LogP contribution in [0.4, 0.5) is 4.39 Å². The number of amides is 1. The lowest BCUT2D eigenvalue weighted by Crippen LogP contribution is -2.33. The van der Waals surface area contributed by atoms with Gasteiger partial charge in [0.05, 0.1) is 25.4 Å². The maximum absolute atomic E-state index is 13.2. The van der Waals surface area contributed by atoms with Gasteiger partial charge in [-0.3, -0.25) is 9.78 Å². The SMILES string of the molecule is COc1ccccc1[C@H](C)N(Cc1ccccn1)C(=O)CCc1ccc(F)cc1. The number of carbonyl (C=O) groups excluding carboxylic acids is 1. The smallest absolute Gasteiger partial charge is 0.223 e. The van der Waals surface area contributed by atoms with E-state index in [0.717, 1.165) is 22.6 Å². The number of hydrogen-bond acceptors (Lipinski definition) is 3. The van der Waals surface area contributed by atoms with Gasteiger partial charge in [0.15, 0.2) is 0 Å². The first-order valence-electron chi connectivity index (χ1n) is 9.65. The first kappa shape index (κ1) is 20.5.